The van der Waals surface area contributed by atoms with Crippen molar-refractivity contribution in [3.8, 4) is 0 Å². The van der Waals surface area contributed by atoms with Gasteiger partial charge in [0, 0.05) is 17.5 Å². The Morgan fingerprint density at radius 1 is 1.00 bits per heavy atom. The van der Waals surface area contributed by atoms with Gasteiger partial charge in [-0.1, -0.05) is 79.2 Å². The van der Waals surface area contributed by atoms with E-state index < -0.39 is 0 Å². The Morgan fingerprint density at radius 3 is 2.17 bits per heavy atom. The van der Waals surface area contributed by atoms with Crippen molar-refractivity contribution in [2.45, 2.75) is 38.3 Å². The predicted octanol–water partition coefficient (Wildman–Crippen LogP) is 3.68. The fourth-order valence-corrected chi connectivity index (χ4v) is 3.76. The molecule has 0 spiro atoms. The molecule has 2 aromatic carbocycles. The molecule has 0 aromatic heterocycles. The van der Waals surface area contributed by atoms with Crippen molar-refractivity contribution < 1.29 is 10.5 Å². The fourth-order valence-electron chi connectivity index (χ4n) is 3.76. The lowest BCUT2D eigenvalue weighted by molar-refractivity contribution is -0.742. The molecule has 1 aliphatic heterocycles. The Labute approximate surface area is 138 Å². The Bertz CT molecular complexity index is 639. The molecule has 23 heavy (non-hydrogen) atoms. The maximum Gasteiger partial charge on any atom is 0.120 e. The fraction of sp³-hybridized carbons (Fsp3) is 0.350. The maximum atomic E-state index is 9.59. The zero-order valence-corrected chi connectivity index (χ0v) is 13.6. The number of piperidine rings is 1. The molecule has 3 rings (SSSR count). The summed E-state index contributed by atoms with van der Waals surface area (Å²) in [7, 11) is 0. The first-order valence-electron chi connectivity index (χ1n) is 8.49. The third-order valence-electron chi connectivity index (χ3n) is 4.87. The highest BCUT2D eigenvalue weighted by Gasteiger charge is 2.39. The minimum atomic E-state index is 0.298. The van der Waals surface area contributed by atoms with Crippen LogP contribution in [0.25, 0.3) is 0 Å². The minimum absolute atomic E-state index is 0.298. The Kier molecular flexibility index (Phi) is 5.09. The lowest BCUT2D eigenvalue weighted by Crippen LogP contribution is -2.90. The number of oxime groups is 1. The van der Waals surface area contributed by atoms with E-state index in [1.54, 1.807) is 0 Å². The van der Waals surface area contributed by atoms with Gasteiger partial charge in [-0.15, -0.1) is 0 Å². The number of nitrogens with two attached hydrogens (primary N) is 1. The molecule has 1 saturated heterocycles. The van der Waals surface area contributed by atoms with Gasteiger partial charge in [0.1, 0.15) is 12.1 Å². The number of hydrogen-bond donors (Lipinski definition) is 2. The van der Waals surface area contributed by atoms with E-state index in [0.717, 1.165) is 25.0 Å². The van der Waals surface area contributed by atoms with Gasteiger partial charge < -0.3 is 10.5 Å². The molecule has 1 fully saturated rings. The van der Waals surface area contributed by atoms with Gasteiger partial charge in [-0.3, -0.25) is 0 Å². The van der Waals surface area contributed by atoms with E-state index in [-0.39, 0.29) is 0 Å². The monoisotopic (exact) mass is 309 g/mol. The van der Waals surface area contributed by atoms with Crippen LogP contribution in [0.3, 0.4) is 0 Å². The number of nitrogens with zero attached hydrogens (tertiary/aromatic N) is 1. The van der Waals surface area contributed by atoms with Gasteiger partial charge in [-0.25, -0.2) is 0 Å². The number of rotatable bonds is 4. The van der Waals surface area contributed by atoms with Crippen LogP contribution in [0, 0.1) is 5.92 Å². The van der Waals surface area contributed by atoms with Gasteiger partial charge in [-0.05, 0) is 6.42 Å². The molecule has 3 nitrogen and oxygen atoms in total. The highest BCUT2D eigenvalue weighted by molar-refractivity contribution is 5.88. The van der Waals surface area contributed by atoms with E-state index in [9.17, 15) is 5.21 Å². The summed E-state index contributed by atoms with van der Waals surface area (Å²) in [5.41, 5.74) is 3.55. The first-order chi connectivity index (χ1) is 11.3. The van der Waals surface area contributed by atoms with Gasteiger partial charge in [0.2, 0.25) is 0 Å². The quantitative estimate of drug-likeness (QED) is 0.657. The van der Waals surface area contributed by atoms with Crippen LogP contribution in [0.5, 0.6) is 0 Å². The van der Waals surface area contributed by atoms with E-state index in [1.165, 1.54) is 11.1 Å². The molecule has 120 valence electrons. The molecule has 1 aliphatic rings. The predicted molar refractivity (Wildman–Crippen MR) is 92.5 cm³/mol. The normalized spacial score (nSPS) is 26.3. The summed E-state index contributed by atoms with van der Waals surface area (Å²) in [4.78, 5) is 0. The van der Waals surface area contributed by atoms with Gasteiger partial charge >= 0.3 is 0 Å². The summed E-state index contributed by atoms with van der Waals surface area (Å²) in [6.45, 7) is 2.19. The van der Waals surface area contributed by atoms with Gasteiger partial charge in [0.05, 0.1) is 11.6 Å². The van der Waals surface area contributed by atoms with E-state index in [0.29, 0.717) is 18.0 Å². The van der Waals surface area contributed by atoms with Crippen molar-refractivity contribution >= 4 is 5.71 Å². The first-order valence-corrected chi connectivity index (χ1v) is 8.49. The Hall–Kier alpha value is -2.13. The zero-order valence-electron chi connectivity index (χ0n) is 13.6. The van der Waals surface area contributed by atoms with Crippen molar-refractivity contribution in [1.82, 2.24) is 0 Å². The first kappa shape index (κ1) is 15.8. The summed E-state index contributed by atoms with van der Waals surface area (Å²) < 4.78 is 0. The highest BCUT2D eigenvalue weighted by Crippen LogP contribution is 2.32. The number of hydrogen-bond acceptors (Lipinski definition) is 2. The molecule has 0 saturated carbocycles. The maximum absolute atomic E-state index is 9.59. The van der Waals surface area contributed by atoms with Crippen LogP contribution < -0.4 is 5.32 Å². The van der Waals surface area contributed by atoms with Crippen LogP contribution in [0.1, 0.15) is 49.4 Å². The molecule has 3 N–H and O–H groups in total. The summed E-state index contributed by atoms with van der Waals surface area (Å²) in [5, 5.41) is 15.7. The van der Waals surface area contributed by atoms with Crippen LogP contribution in [0.2, 0.25) is 0 Å². The molecule has 3 atom stereocenters. The Morgan fingerprint density at radius 2 is 1.61 bits per heavy atom. The van der Waals surface area contributed by atoms with Crippen LogP contribution in [-0.2, 0) is 0 Å². The second-order valence-corrected chi connectivity index (χ2v) is 6.34. The molecule has 1 heterocycles. The van der Waals surface area contributed by atoms with Crippen molar-refractivity contribution in [2.24, 2.45) is 11.1 Å². The summed E-state index contributed by atoms with van der Waals surface area (Å²) in [6.07, 6.45) is 2.96. The van der Waals surface area contributed by atoms with Crippen molar-refractivity contribution in [3.05, 3.63) is 71.8 Å². The minimum Gasteiger partial charge on any atom is -0.411 e. The van der Waals surface area contributed by atoms with E-state index in [1.807, 2.05) is 6.07 Å². The highest BCUT2D eigenvalue weighted by atomic mass is 16.4. The topological polar surface area (TPSA) is 49.2 Å². The molecular formula is C20H25N2O+. The van der Waals surface area contributed by atoms with Gasteiger partial charge in [-0.2, -0.15) is 0 Å². The lowest BCUT2D eigenvalue weighted by Gasteiger charge is -2.35. The average Bonchev–Trinajstić information content (AvgIpc) is 2.63. The van der Waals surface area contributed by atoms with E-state index in [2.05, 4.69) is 72.0 Å². The zero-order chi connectivity index (χ0) is 16.1. The number of benzene rings is 2. The largest absolute Gasteiger partial charge is 0.411 e. The van der Waals surface area contributed by atoms with E-state index >= 15 is 0 Å². The SMILES string of the molecule is CCC[C@H]1/C(=N\O)C[C@@H](c2ccccc2)[NH2+][C@H]1c1ccccc1. The molecule has 0 amide bonds. The lowest BCUT2D eigenvalue weighted by atomic mass is 9.78. The summed E-state index contributed by atoms with van der Waals surface area (Å²) in [6, 6.07) is 21.8. The molecular weight excluding hydrogens is 284 g/mol. The molecule has 0 unspecified atom stereocenters. The molecule has 3 heteroatoms. The van der Waals surface area contributed by atoms with Crippen LogP contribution in [0.15, 0.2) is 65.8 Å². The van der Waals surface area contributed by atoms with Gasteiger partial charge in [0.15, 0.2) is 0 Å². The standard InChI is InChI=1S/C20H24N2O/c1-2-9-17-19(22-23)14-18(15-10-5-3-6-11-15)21-20(17)16-12-7-4-8-13-16/h3-8,10-13,17-18,20-21,23H,2,9,14H2,1H3/p+1/b22-19-/t17-,18-,20-/m0/s1. The van der Waals surface area contributed by atoms with Crippen LogP contribution in [-0.4, -0.2) is 10.9 Å². The van der Waals surface area contributed by atoms with Crippen LogP contribution in [0.4, 0.5) is 0 Å². The average molecular weight is 309 g/mol. The Balaban J connectivity index is 1.95. The van der Waals surface area contributed by atoms with E-state index in [4.69, 9.17) is 0 Å². The number of quaternary nitrogens is 1. The second kappa shape index (κ2) is 7.42. The van der Waals surface area contributed by atoms with Crippen LogP contribution >= 0.6 is 0 Å². The summed E-state index contributed by atoms with van der Waals surface area (Å²) in [5.74, 6) is 0.298. The smallest absolute Gasteiger partial charge is 0.120 e. The molecule has 0 aliphatic carbocycles. The van der Waals surface area contributed by atoms with Crippen molar-refractivity contribution in [2.75, 3.05) is 0 Å². The molecule has 2 aromatic rings. The third-order valence-corrected chi connectivity index (χ3v) is 4.87. The second-order valence-electron chi connectivity index (χ2n) is 6.34. The third kappa shape index (κ3) is 3.45. The summed E-state index contributed by atoms with van der Waals surface area (Å²) >= 11 is 0. The van der Waals surface area contributed by atoms with Crippen molar-refractivity contribution in [1.29, 1.82) is 0 Å². The van der Waals surface area contributed by atoms with Crippen molar-refractivity contribution in [3.63, 3.8) is 0 Å². The van der Waals surface area contributed by atoms with Gasteiger partial charge in [0.25, 0.3) is 0 Å². The molecule has 0 radical (unpaired) electrons. The molecule has 0 bridgehead atoms.